The van der Waals surface area contributed by atoms with Gasteiger partial charge in [-0.1, -0.05) is 40.5 Å². The van der Waals surface area contributed by atoms with Gasteiger partial charge in [0, 0.05) is 62.0 Å². The highest BCUT2D eigenvalue weighted by Gasteiger charge is 2.23. The summed E-state index contributed by atoms with van der Waals surface area (Å²) in [5.41, 5.74) is 5.37. The maximum atomic E-state index is 15.1. The van der Waals surface area contributed by atoms with E-state index >= 15 is 4.39 Å². The molecule has 4 aromatic heterocycles. The van der Waals surface area contributed by atoms with Crippen molar-refractivity contribution in [3.8, 4) is 11.3 Å². The number of aliphatic hydroxyl groups is 1. The monoisotopic (exact) mass is 962 g/mol. The molecule has 3 aromatic carbocycles. The number of imidazole rings is 2. The fourth-order valence-corrected chi connectivity index (χ4v) is 8.10. The van der Waals surface area contributed by atoms with Crippen LogP contribution in [-0.4, -0.2) is 101 Å². The lowest BCUT2D eigenvalue weighted by Crippen LogP contribution is -2.45. The van der Waals surface area contributed by atoms with Crippen LogP contribution in [0.3, 0.4) is 0 Å². The Morgan fingerprint density at radius 3 is 2.38 bits per heavy atom. The van der Waals surface area contributed by atoms with Crippen LogP contribution >= 0.6 is 27.5 Å². The van der Waals surface area contributed by atoms with Gasteiger partial charge in [0.25, 0.3) is 5.91 Å². The van der Waals surface area contributed by atoms with Crippen molar-refractivity contribution < 1.29 is 27.9 Å². The number of rotatable bonds is 13. The maximum Gasteiger partial charge on any atom is 0.277 e. The Hall–Kier alpha value is -5.70. The summed E-state index contributed by atoms with van der Waals surface area (Å²) >= 11 is 9.51. The van der Waals surface area contributed by atoms with Crippen LogP contribution in [0.25, 0.3) is 33.3 Å². The zero-order valence-electron chi connectivity index (χ0n) is 35.8. The zero-order chi connectivity index (χ0) is 45.7. The van der Waals surface area contributed by atoms with E-state index in [0.717, 1.165) is 55.5 Å². The average Bonchev–Trinajstić information content (AvgIpc) is 3.83. The van der Waals surface area contributed by atoms with Crippen molar-refractivity contribution >= 4 is 78.6 Å². The van der Waals surface area contributed by atoms with Crippen molar-refractivity contribution in [2.75, 3.05) is 56.6 Å². The predicted molar refractivity (Wildman–Crippen MR) is 244 cm³/mol. The van der Waals surface area contributed by atoms with E-state index in [-0.39, 0.29) is 53.2 Å². The number of anilines is 4. The Morgan fingerprint density at radius 1 is 0.922 bits per heavy atom. The van der Waals surface area contributed by atoms with E-state index in [2.05, 4.69) is 73.7 Å². The highest BCUT2D eigenvalue weighted by Crippen LogP contribution is 2.35. The third-order valence-corrected chi connectivity index (χ3v) is 11.4. The van der Waals surface area contributed by atoms with Gasteiger partial charge >= 0.3 is 0 Å². The fourth-order valence-electron chi connectivity index (χ4n) is 7.38. The number of halogens is 5. The second-order valence-electron chi connectivity index (χ2n) is 15.3. The molecule has 4 N–H and O–H groups in total. The molecule has 20 heteroatoms. The molecule has 15 nitrogen and oxygen atoms in total. The summed E-state index contributed by atoms with van der Waals surface area (Å²) in [7, 11) is 1.69. The maximum absolute atomic E-state index is 15.1. The Bertz CT molecular complexity index is 2780. The van der Waals surface area contributed by atoms with Gasteiger partial charge < -0.3 is 29.8 Å². The van der Waals surface area contributed by atoms with Crippen molar-refractivity contribution in [3.05, 3.63) is 111 Å². The summed E-state index contributed by atoms with van der Waals surface area (Å²) in [6.07, 6.45) is 4.37. The molecule has 336 valence electrons. The Kier molecular flexibility index (Phi) is 14.8. The summed E-state index contributed by atoms with van der Waals surface area (Å²) in [5.74, 6) is -1.10. The molecule has 0 radical (unpaired) electrons. The minimum atomic E-state index is -0.695. The van der Waals surface area contributed by atoms with E-state index in [1.54, 1.807) is 35.9 Å². The van der Waals surface area contributed by atoms with Gasteiger partial charge in [-0.15, -0.1) is 0 Å². The first-order chi connectivity index (χ1) is 30.7. The molecule has 0 saturated carbocycles. The van der Waals surface area contributed by atoms with Gasteiger partial charge in [-0.3, -0.25) is 14.5 Å². The molecule has 1 amide bonds. The van der Waals surface area contributed by atoms with Crippen LogP contribution in [0.5, 0.6) is 0 Å². The third kappa shape index (κ3) is 10.5. The number of nitrogens with one attached hydrogen (secondary N) is 3. The Labute approximate surface area is 380 Å². The van der Waals surface area contributed by atoms with Crippen molar-refractivity contribution in [1.29, 1.82) is 0 Å². The molecule has 1 aliphatic rings. The number of piperazine rings is 1. The summed E-state index contributed by atoms with van der Waals surface area (Å²) in [4.78, 5) is 43.5. The summed E-state index contributed by atoms with van der Waals surface area (Å²) < 4.78 is 49.1. The van der Waals surface area contributed by atoms with E-state index in [4.69, 9.17) is 21.5 Å². The highest BCUT2D eigenvalue weighted by molar-refractivity contribution is 9.10. The van der Waals surface area contributed by atoms with Crippen molar-refractivity contribution in [2.24, 2.45) is 7.05 Å². The van der Waals surface area contributed by atoms with Gasteiger partial charge in [0.15, 0.2) is 17.5 Å². The van der Waals surface area contributed by atoms with Gasteiger partial charge in [0.1, 0.15) is 28.4 Å². The minimum Gasteiger partial charge on any atom is -0.394 e. The number of aromatic nitrogens is 7. The minimum absolute atomic E-state index is 0.000486. The first-order valence-electron chi connectivity index (χ1n) is 20.5. The van der Waals surface area contributed by atoms with Crippen LogP contribution in [0.4, 0.5) is 36.3 Å². The van der Waals surface area contributed by atoms with E-state index in [9.17, 15) is 13.6 Å². The van der Waals surface area contributed by atoms with Crippen molar-refractivity contribution in [3.63, 3.8) is 0 Å². The standard InChI is InChI=1S/C27H32F2N8.C17H15BrClFN4O3/c1-5-35-8-10-36(11-9-35)16-19-6-7-24(30-14-19)33-27-31-15-22(29)25(34-27)20-12-21(28)26-23(13-20)37(17(2)3)18(4)32-26;1-24-8-21-16-13(24)7-10(17(26)23-27-5-4-25)15(14(16)20)22-12-3-2-9(18)6-11(12)19/h6-7,12-15,17H,5,8-11,16H2,1-4H3,(H,30,31,33,34);2-3,6-8,22,25H,4-5H2,1H3,(H,23,26). The van der Waals surface area contributed by atoms with Crippen LogP contribution in [0.2, 0.25) is 5.02 Å². The molecular formula is C44H47BrClF3N12O3. The quantitative estimate of drug-likeness (QED) is 0.0646. The number of hydroxylamine groups is 1. The number of carbonyl (C=O) groups excluding carboxylic acids is 1. The molecule has 1 aliphatic heterocycles. The highest BCUT2D eigenvalue weighted by atomic mass is 79.9. The first-order valence-corrected chi connectivity index (χ1v) is 21.7. The lowest BCUT2D eigenvalue weighted by atomic mass is 10.1. The van der Waals surface area contributed by atoms with E-state index in [1.165, 1.54) is 18.5 Å². The van der Waals surface area contributed by atoms with Crippen LogP contribution in [-0.2, 0) is 18.4 Å². The average molecular weight is 964 g/mol. The van der Waals surface area contributed by atoms with Gasteiger partial charge in [0.05, 0.1) is 58.7 Å². The number of nitrogens with zero attached hydrogens (tertiary/aromatic N) is 9. The Balaban J connectivity index is 0.000000201. The summed E-state index contributed by atoms with van der Waals surface area (Å²) in [5, 5.41) is 15.0. The number of aryl methyl sites for hydroxylation is 2. The van der Waals surface area contributed by atoms with Gasteiger partial charge in [-0.05, 0) is 75.3 Å². The number of pyridine rings is 1. The lowest BCUT2D eigenvalue weighted by Gasteiger charge is -2.33. The molecular weight excluding hydrogens is 917 g/mol. The number of hydrogen-bond donors (Lipinski definition) is 4. The summed E-state index contributed by atoms with van der Waals surface area (Å²) in [6.45, 7) is 13.9. The molecule has 8 rings (SSSR count). The molecule has 0 unspecified atom stereocenters. The molecule has 0 aliphatic carbocycles. The number of aliphatic hydroxyl groups excluding tert-OH is 1. The molecule has 5 heterocycles. The third-order valence-electron chi connectivity index (χ3n) is 10.6. The molecule has 0 atom stereocenters. The first kappa shape index (κ1) is 46.3. The van der Waals surface area contributed by atoms with Crippen LogP contribution in [0.15, 0.2) is 71.7 Å². The van der Waals surface area contributed by atoms with Gasteiger partial charge in [0.2, 0.25) is 5.95 Å². The second kappa shape index (κ2) is 20.4. The van der Waals surface area contributed by atoms with Crippen LogP contribution in [0.1, 0.15) is 48.6 Å². The van der Waals surface area contributed by atoms with Crippen molar-refractivity contribution in [2.45, 2.75) is 40.3 Å². The zero-order valence-corrected chi connectivity index (χ0v) is 38.1. The second-order valence-corrected chi connectivity index (χ2v) is 16.6. The lowest BCUT2D eigenvalue weighted by molar-refractivity contribution is 0.0169. The molecule has 64 heavy (non-hydrogen) atoms. The molecule has 1 fully saturated rings. The smallest absolute Gasteiger partial charge is 0.277 e. The number of amides is 1. The number of likely N-dealkylation sites (N-methyl/N-ethyl adjacent to an activating group) is 1. The van der Waals surface area contributed by atoms with E-state index in [1.807, 2.05) is 43.7 Å². The normalized spacial score (nSPS) is 13.4. The summed E-state index contributed by atoms with van der Waals surface area (Å²) in [6, 6.07) is 13.5. The molecule has 0 bridgehead atoms. The number of hydrogen-bond acceptors (Lipinski definition) is 12. The largest absolute Gasteiger partial charge is 0.394 e. The fraction of sp³-hybridized carbons (Fsp3) is 0.318. The van der Waals surface area contributed by atoms with E-state index in [0.29, 0.717) is 38.9 Å². The van der Waals surface area contributed by atoms with Gasteiger partial charge in [-0.2, -0.15) is 0 Å². The molecule has 1 saturated heterocycles. The predicted octanol–water partition coefficient (Wildman–Crippen LogP) is 8.46. The van der Waals surface area contributed by atoms with Crippen LogP contribution in [0, 0.1) is 24.4 Å². The van der Waals surface area contributed by atoms with Crippen molar-refractivity contribution in [1.82, 2.24) is 49.3 Å². The number of fused-ring (bicyclic) bond motifs is 2. The number of carbonyl (C=O) groups is 1. The number of benzene rings is 3. The topological polar surface area (TPSA) is 163 Å². The molecule has 0 spiro atoms. The van der Waals surface area contributed by atoms with Gasteiger partial charge in [-0.25, -0.2) is 43.6 Å². The molecule has 7 aromatic rings. The van der Waals surface area contributed by atoms with E-state index < -0.39 is 23.4 Å². The Morgan fingerprint density at radius 2 is 1.69 bits per heavy atom. The van der Waals surface area contributed by atoms with Crippen LogP contribution < -0.4 is 16.1 Å². The SMILES string of the molecule is CCN1CCN(Cc2ccc(Nc3ncc(F)c(-c4cc(F)c5nc(C)n(C(C)C)c5c4)n3)nc2)CC1.Cn1cnc2c(F)c(Nc3ccc(Br)cc3Cl)c(C(=O)NOCCO)cc21.